The first-order valence-electron chi connectivity index (χ1n) is 10.6. The number of carbonyl (C=O) groups is 1. The van der Waals surface area contributed by atoms with Gasteiger partial charge in [-0.3, -0.25) is 9.69 Å². The normalized spacial score (nSPS) is 26.1. The highest BCUT2D eigenvalue weighted by Crippen LogP contribution is 2.35. The van der Waals surface area contributed by atoms with Crippen LogP contribution < -0.4 is 10.2 Å². The number of fused-ring (bicyclic) bond motifs is 1. The van der Waals surface area contributed by atoms with Crippen LogP contribution in [0, 0.1) is 0 Å². The predicted octanol–water partition coefficient (Wildman–Crippen LogP) is 3.80. The number of piperidine rings is 1. The molecule has 10 heteroatoms. The van der Waals surface area contributed by atoms with Crippen LogP contribution in [0.5, 0.6) is 0 Å². The molecule has 1 amide bonds. The van der Waals surface area contributed by atoms with Gasteiger partial charge in [-0.05, 0) is 49.4 Å². The quantitative estimate of drug-likeness (QED) is 0.595. The Morgan fingerprint density at radius 2 is 1.84 bits per heavy atom. The Morgan fingerprint density at radius 1 is 1.06 bits per heavy atom. The fraction of sp³-hybridized carbons (Fsp3) is 0.667. The van der Waals surface area contributed by atoms with Crippen molar-refractivity contribution in [1.82, 2.24) is 15.1 Å². The molecule has 0 bridgehead atoms. The molecule has 0 aromatic heterocycles. The van der Waals surface area contributed by atoms with Gasteiger partial charge in [0.2, 0.25) is 5.91 Å². The smallest absolute Gasteiger partial charge is 0.240 e. The number of halogens is 4. The SMILES string of the molecule is Cl.Cl.Cl.O=C([C@@H]1C[C@H](N2CCC(N3CCc4cc(Br)ccc43)CC2)CN1)N1CCSC1. The lowest BCUT2D eigenvalue weighted by Gasteiger charge is -2.40. The molecule has 1 aromatic carbocycles. The van der Waals surface area contributed by atoms with Crippen molar-refractivity contribution in [3.05, 3.63) is 28.2 Å². The second kappa shape index (κ2) is 12.0. The lowest BCUT2D eigenvalue weighted by Crippen LogP contribution is -2.48. The van der Waals surface area contributed by atoms with Crippen LogP contribution in [0.2, 0.25) is 0 Å². The summed E-state index contributed by atoms with van der Waals surface area (Å²) >= 11 is 5.47. The van der Waals surface area contributed by atoms with Crippen molar-refractivity contribution in [2.75, 3.05) is 49.3 Å². The van der Waals surface area contributed by atoms with E-state index in [9.17, 15) is 4.79 Å². The minimum atomic E-state index is 0. The summed E-state index contributed by atoms with van der Waals surface area (Å²) in [5, 5.41) is 3.51. The van der Waals surface area contributed by atoms with Crippen LogP contribution >= 0.6 is 64.9 Å². The first-order valence-corrected chi connectivity index (χ1v) is 12.5. The van der Waals surface area contributed by atoms with Crippen molar-refractivity contribution >= 4 is 76.5 Å². The van der Waals surface area contributed by atoms with Crippen molar-refractivity contribution < 1.29 is 4.79 Å². The van der Waals surface area contributed by atoms with E-state index in [1.165, 1.54) is 35.0 Å². The van der Waals surface area contributed by atoms with Crippen LogP contribution in [-0.2, 0) is 11.2 Å². The molecule has 4 aliphatic heterocycles. The number of nitrogens with zero attached hydrogens (tertiary/aromatic N) is 3. The molecule has 1 aromatic rings. The van der Waals surface area contributed by atoms with Gasteiger partial charge in [0.25, 0.3) is 0 Å². The van der Waals surface area contributed by atoms with Gasteiger partial charge in [0.05, 0.1) is 11.9 Å². The third-order valence-corrected chi connectivity index (χ3v) is 8.36. The van der Waals surface area contributed by atoms with Gasteiger partial charge in [-0.1, -0.05) is 15.9 Å². The van der Waals surface area contributed by atoms with E-state index < -0.39 is 0 Å². The zero-order valence-electron chi connectivity index (χ0n) is 17.5. The highest BCUT2D eigenvalue weighted by molar-refractivity contribution is 9.10. The summed E-state index contributed by atoms with van der Waals surface area (Å²) in [6.07, 6.45) is 4.60. The van der Waals surface area contributed by atoms with Crippen molar-refractivity contribution in [3.8, 4) is 0 Å². The average molecular weight is 575 g/mol. The standard InChI is InChI=1S/C21H29BrN4OS.3ClH/c22-16-1-2-20-15(11-16)3-8-26(20)17-4-6-24(7-5-17)18-12-19(23-13-18)21(27)25-9-10-28-14-25;;;/h1-2,11,17-19,23H,3-10,12-14H2;3*1H/t18-,19-;;;/m0.../s1. The summed E-state index contributed by atoms with van der Waals surface area (Å²) in [6, 6.07) is 7.95. The molecule has 5 rings (SSSR count). The van der Waals surface area contributed by atoms with Crippen LogP contribution in [0.1, 0.15) is 24.8 Å². The number of likely N-dealkylation sites (tertiary alicyclic amines) is 1. The van der Waals surface area contributed by atoms with Crippen molar-refractivity contribution in [2.45, 2.75) is 43.8 Å². The van der Waals surface area contributed by atoms with E-state index in [2.05, 4.69) is 49.2 Å². The molecule has 5 nitrogen and oxygen atoms in total. The fourth-order valence-corrected chi connectivity index (χ4v) is 6.69. The fourth-order valence-electron chi connectivity index (χ4n) is 5.33. The number of carbonyl (C=O) groups excluding carboxylic acids is 1. The van der Waals surface area contributed by atoms with Gasteiger partial charge in [-0.25, -0.2) is 0 Å². The summed E-state index contributed by atoms with van der Waals surface area (Å²) < 4.78 is 1.19. The summed E-state index contributed by atoms with van der Waals surface area (Å²) in [5.74, 6) is 2.29. The van der Waals surface area contributed by atoms with E-state index in [4.69, 9.17) is 0 Å². The minimum absolute atomic E-state index is 0. The molecule has 1 N–H and O–H groups in total. The molecule has 0 spiro atoms. The first-order chi connectivity index (χ1) is 13.7. The number of nitrogens with one attached hydrogen (secondary N) is 1. The Bertz CT molecular complexity index is 747. The molecule has 31 heavy (non-hydrogen) atoms. The first kappa shape index (κ1) is 27.4. The van der Waals surface area contributed by atoms with Gasteiger partial charge in [0, 0.05) is 60.7 Å². The topological polar surface area (TPSA) is 38.8 Å². The number of thioether (sulfide) groups is 1. The zero-order chi connectivity index (χ0) is 19.1. The monoisotopic (exact) mass is 572 g/mol. The Morgan fingerprint density at radius 3 is 2.55 bits per heavy atom. The number of amides is 1. The van der Waals surface area contributed by atoms with Crippen molar-refractivity contribution in [2.24, 2.45) is 0 Å². The molecule has 3 saturated heterocycles. The van der Waals surface area contributed by atoms with E-state index in [1.54, 1.807) is 0 Å². The minimum Gasteiger partial charge on any atom is -0.368 e. The maximum absolute atomic E-state index is 12.7. The van der Waals surface area contributed by atoms with Gasteiger partial charge in [-0.2, -0.15) is 0 Å². The highest BCUT2D eigenvalue weighted by Gasteiger charge is 2.38. The number of hydrogen-bond acceptors (Lipinski definition) is 5. The maximum Gasteiger partial charge on any atom is 0.240 e. The number of anilines is 1. The second-order valence-electron chi connectivity index (χ2n) is 8.47. The third kappa shape index (κ3) is 5.79. The maximum atomic E-state index is 12.7. The lowest BCUT2D eigenvalue weighted by atomic mass is 10.00. The largest absolute Gasteiger partial charge is 0.368 e. The van der Waals surface area contributed by atoms with Gasteiger partial charge in [-0.15, -0.1) is 49.0 Å². The molecule has 2 atom stereocenters. The molecule has 176 valence electrons. The molecule has 3 fully saturated rings. The summed E-state index contributed by atoms with van der Waals surface area (Å²) in [4.78, 5) is 20.0. The van der Waals surface area contributed by atoms with Crippen LogP contribution in [0.4, 0.5) is 5.69 Å². The summed E-state index contributed by atoms with van der Waals surface area (Å²) in [6.45, 7) is 5.35. The third-order valence-electron chi connectivity index (χ3n) is 6.90. The van der Waals surface area contributed by atoms with Gasteiger partial charge < -0.3 is 15.1 Å². The molecular formula is C21H32BrCl3N4OS. The highest BCUT2D eigenvalue weighted by atomic mass is 79.9. The molecule has 0 aliphatic carbocycles. The number of hydrogen-bond donors (Lipinski definition) is 1. The van der Waals surface area contributed by atoms with Crippen molar-refractivity contribution in [3.63, 3.8) is 0 Å². The molecule has 0 unspecified atom stereocenters. The summed E-state index contributed by atoms with van der Waals surface area (Å²) in [7, 11) is 0. The van der Waals surface area contributed by atoms with Gasteiger partial charge >= 0.3 is 0 Å². The van der Waals surface area contributed by atoms with Gasteiger partial charge in [0.15, 0.2) is 0 Å². The lowest BCUT2D eigenvalue weighted by molar-refractivity contribution is -0.131. The predicted molar refractivity (Wildman–Crippen MR) is 141 cm³/mol. The Balaban J connectivity index is 0.00000114. The molecular weight excluding hydrogens is 543 g/mol. The van der Waals surface area contributed by atoms with E-state index >= 15 is 0 Å². The van der Waals surface area contributed by atoms with Crippen LogP contribution in [0.25, 0.3) is 0 Å². The van der Waals surface area contributed by atoms with E-state index in [1.807, 2.05) is 16.7 Å². The van der Waals surface area contributed by atoms with Gasteiger partial charge in [0.1, 0.15) is 0 Å². The number of benzene rings is 1. The Labute approximate surface area is 216 Å². The molecule has 4 aliphatic rings. The summed E-state index contributed by atoms with van der Waals surface area (Å²) in [5.41, 5.74) is 2.93. The van der Waals surface area contributed by atoms with Crippen LogP contribution in [-0.4, -0.2) is 78.2 Å². The number of rotatable bonds is 3. The van der Waals surface area contributed by atoms with Crippen LogP contribution in [0.15, 0.2) is 22.7 Å². The molecule has 0 radical (unpaired) electrons. The van der Waals surface area contributed by atoms with Crippen LogP contribution in [0.3, 0.4) is 0 Å². The molecule has 0 saturated carbocycles. The second-order valence-corrected chi connectivity index (χ2v) is 10.5. The van der Waals surface area contributed by atoms with E-state index in [0.29, 0.717) is 18.0 Å². The average Bonchev–Trinajstić information content (AvgIpc) is 3.47. The Kier molecular flexibility index (Phi) is 10.6. The van der Waals surface area contributed by atoms with Crippen molar-refractivity contribution in [1.29, 1.82) is 0 Å². The van der Waals surface area contributed by atoms with E-state index in [0.717, 1.165) is 50.8 Å². The molecule has 4 heterocycles. The zero-order valence-corrected chi connectivity index (χ0v) is 22.4. The van der Waals surface area contributed by atoms with E-state index in [-0.39, 0.29) is 43.3 Å². The Hall–Kier alpha value is 0.110.